The van der Waals surface area contributed by atoms with Crippen molar-refractivity contribution in [3.05, 3.63) is 60.1 Å². The fourth-order valence-corrected chi connectivity index (χ4v) is 3.97. The van der Waals surface area contributed by atoms with E-state index in [1.165, 1.54) is 25.9 Å². The molecule has 0 spiro atoms. The largest absolute Gasteiger partial charge is 0.467 e. The summed E-state index contributed by atoms with van der Waals surface area (Å²) in [6.45, 7) is 4.01. The van der Waals surface area contributed by atoms with Crippen LogP contribution in [0.5, 0.6) is 0 Å². The second-order valence-corrected chi connectivity index (χ2v) is 6.94. The molecule has 25 heavy (non-hydrogen) atoms. The van der Waals surface area contributed by atoms with Gasteiger partial charge in [-0.2, -0.15) is 0 Å². The van der Waals surface area contributed by atoms with Crippen molar-refractivity contribution in [1.82, 2.24) is 15.1 Å². The van der Waals surface area contributed by atoms with Gasteiger partial charge >= 0.3 is 6.03 Å². The van der Waals surface area contributed by atoms with E-state index < -0.39 is 0 Å². The van der Waals surface area contributed by atoms with Crippen LogP contribution in [0.2, 0.25) is 0 Å². The standard InChI is InChI=1S/C20H25N3O2/c24-20(23-13-10-17(15-23)22-11-4-5-12-22)21-19(18-9-6-14-25-18)16-7-2-1-3-8-16/h1-3,6-9,14,17,19H,4-5,10-13,15H2,(H,21,24). The summed E-state index contributed by atoms with van der Waals surface area (Å²) >= 11 is 0. The van der Waals surface area contributed by atoms with Gasteiger partial charge in [-0.25, -0.2) is 4.79 Å². The number of rotatable bonds is 4. The first kappa shape index (κ1) is 16.2. The van der Waals surface area contributed by atoms with Crippen LogP contribution in [0.15, 0.2) is 53.1 Å². The molecule has 4 rings (SSSR count). The average molecular weight is 339 g/mol. The van der Waals surface area contributed by atoms with Crippen LogP contribution in [0.25, 0.3) is 0 Å². The molecule has 5 nitrogen and oxygen atoms in total. The molecule has 1 aromatic heterocycles. The Bertz CT molecular complexity index is 680. The Kier molecular flexibility index (Phi) is 4.74. The molecule has 2 amide bonds. The zero-order valence-corrected chi connectivity index (χ0v) is 14.4. The smallest absolute Gasteiger partial charge is 0.318 e. The van der Waals surface area contributed by atoms with Crippen LogP contribution in [0.3, 0.4) is 0 Å². The minimum Gasteiger partial charge on any atom is -0.467 e. The van der Waals surface area contributed by atoms with Crippen molar-refractivity contribution < 1.29 is 9.21 Å². The number of nitrogens with one attached hydrogen (secondary N) is 1. The molecular weight excluding hydrogens is 314 g/mol. The van der Waals surface area contributed by atoms with Crippen molar-refractivity contribution in [3.8, 4) is 0 Å². The van der Waals surface area contributed by atoms with E-state index in [-0.39, 0.29) is 12.1 Å². The number of furan rings is 1. The molecule has 2 aliphatic rings. The number of urea groups is 1. The van der Waals surface area contributed by atoms with E-state index >= 15 is 0 Å². The fraction of sp³-hybridized carbons (Fsp3) is 0.450. The summed E-state index contributed by atoms with van der Waals surface area (Å²) in [7, 11) is 0. The minimum absolute atomic E-state index is 0.00745. The molecule has 1 N–H and O–H groups in total. The van der Waals surface area contributed by atoms with Gasteiger partial charge in [-0.1, -0.05) is 30.3 Å². The molecule has 0 saturated carbocycles. The van der Waals surface area contributed by atoms with Crippen molar-refractivity contribution in [2.75, 3.05) is 26.2 Å². The SMILES string of the molecule is O=C(NC(c1ccccc1)c1ccco1)N1CCC(N2CCCC2)C1. The lowest BCUT2D eigenvalue weighted by Crippen LogP contribution is -2.43. The van der Waals surface area contributed by atoms with Gasteiger partial charge in [0.25, 0.3) is 0 Å². The maximum absolute atomic E-state index is 12.8. The number of hydrogen-bond donors (Lipinski definition) is 1. The molecule has 1 aromatic carbocycles. The summed E-state index contributed by atoms with van der Waals surface area (Å²) in [5, 5.41) is 3.16. The molecule has 5 heteroatoms. The van der Waals surface area contributed by atoms with Gasteiger partial charge in [0, 0.05) is 19.1 Å². The van der Waals surface area contributed by atoms with Gasteiger partial charge in [-0.3, -0.25) is 4.90 Å². The Balaban J connectivity index is 1.44. The van der Waals surface area contributed by atoms with Crippen molar-refractivity contribution in [3.63, 3.8) is 0 Å². The zero-order chi connectivity index (χ0) is 17.1. The van der Waals surface area contributed by atoms with Gasteiger partial charge in [0.15, 0.2) is 0 Å². The molecule has 2 atom stereocenters. The van der Waals surface area contributed by atoms with E-state index in [2.05, 4.69) is 10.2 Å². The number of carbonyl (C=O) groups is 1. The van der Waals surface area contributed by atoms with Crippen LogP contribution < -0.4 is 5.32 Å². The second kappa shape index (κ2) is 7.31. The Morgan fingerprint density at radius 3 is 2.60 bits per heavy atom. The number of likely N-dealkylation sites (tertiary alicyclic amines) is 2. The number of benzene rings is 1. The third-order valence-electron chi connectivity index (χ3n) is 5.34. The summed E-state index contributed by atoms with van der Waals surface area (Å²) in [5.74, 6) is 0.759. The number of nitrogens with zero attached hydrogens (tertiary/aromatic N) is 2. The fourth-order valence-electron chi connectivity index (χ4n) is 3.97. The Morgan fingerprint density at radius 2 is 1.88 bits per heavy atom. The third-order valence-corrected chi connectivity index (χ3v) is 5.34. The van der Waals surface area contributed by atoms with E-state index in [0.717, 1.165) is 30.8 Å². The van der Waals surface area contributed by atoms with Gasteiger partial charge in [-0.05, 0) is 50.0 Å². The van der Waals surface area contributed by atoms with E-state index in [1.54, 1.807) is 6.26 Å². The van der Waals surface area contributed by atoms with Crippen LogP contribution in [-0.2, 0) is 0 Å². The molecule has 2 aliphatic heterocycles. The lowest BCUT2D eigenvalue weighted by atomic mass is 10.0. The molecular formula is C20H25N3O2. The van der Waals surface area contributed by atoms with E-state index in [4.69, 9.17) is 4.42 Å². The molecule has 0 aliphatic carbocycles. The van der Waals surface area contributed by atoms with Crippen LogP contribution in [0.1, 0.15) is 36.6 Å². The molecule has 2 unspecified atom stereocenters. The monoisotopic (exact) mass is 339 g/mol. The number of hydrogen-bond acceptors (Lipinski definition) is 3. The van der Waals surface area contributed by atoms with Crippen LogP contribution >= 0.6 is 0 Å². The highest BCUT2D eigenvalue weighted by Crippen LogP contribution is 2.24. The summed E-state index contributed by atoms with van der Waals surface area (Å²) in [6.07, 6.45) is 5.30. The molecule has 0 bridgehead atoms. The first-order chi connectivity index (χ1) is 12.3. The van der Waals surface area contributed by atoms with Gasteiger partial charge in [0.2, 0.25) is 0 Å². The first-order valence-electron chi connectivity index (χ1n) is 9.19. The van der Waals surface area contributed by atoms with E-state index in [1.807, 2.05) is 47.4 Å². The minimum atomic E-state index is -0.255. The van der Waals surface area contributed by atoms with Gasteiger partial charge in [0.1, 0.15) is 11.8 Å². The average Bonchev–Trinajstić information content (AvgIpc) is 3.42. The van der Waals surface area contributed by atoms with E-state index in [0.29, 0.717) is 6.04 Å². The van der Waals surface area contributed by atoms with E-state index in [9.17, 15) is 4.79 Å². The molecule has 3 heterocycles. The van der Waals surface area contributed by atoms with Crippen LogP contribution in [0.4, 0.5) is 4.79 Å². The Hall–Kier alpha value is -2.27. The van der Waals surface area contributed by atoms with Crippen LogP contribution in [0, 0.1) is 0 Å². The second-order valence-electron chi connectivity index (χ2n) is 6.94. The maximum atomic E-state index is 12.8. The Labute approximate surface area is 148 Å². The number of carbonyl (C=O) groups excluding carboxylic acids is 1. The Morgan fingerprint density at radius 1 is 1.08 bits per heavy atom. The van der Waals surface area contributed by atoms with Crippen molar-refractivity contribution in [1.29, 1.82) is 0 Å². The number of amides is 2. The summed E-state index contributed by atoms with van der Waals surface area (Å²) in [6, 6.07) is 14.0. The summed E-state index contributed by atoms with van der Waals surface area (Å²) < 4.78 is 5.57. The van der Waals surface area contributed by atoms with Crippen molar-refractivity contribution in [2.45, 2.75) is 31.3 Å². The predicted molar refractivity (Wildman–Crippen MR) is 96.3 cm³/mol. The topological polar surface area (TPSA) is 48.7 Å². The van der Waals surface area contributed by atoms with Crippen LogP contribution in [-0.4, -0.2) is 48.1 Å². The highest BCUT2D eigenvalue weighted by atomic mass is 16.3. The lowest BCUT2D eigenvalue weighted by Gasteiger charge is -2.25. The van der Waals surface area contributed by atoms with Gasteiger partial charge < -0.3 is 14.6 Å². The molecule has 2 fully saturated rings. The molecule has 0 radical (unpaired) electrons. The highest BCUT2D eigenvalue weighted by Gasteiger charge is 2.32. The predicted octanol–water partition coefficient (Wildman–Crippen LogP) is 3.25. The summed E-state index contributed by atoms with van der Waals surface area (Å²) in [4.78, 5) is 17.3. The zero-order valence-electron chi connectivity index (χ0n) is 14.4. The first-order valence-corrected chi connectivity index (χ1v) is 9.19. The van der Waals surface area contributed by atoms with Gasteiger partial charge in [-0.15, -0.1) is 0 Å². The molecule has 2 saturated heterocycles. The van der Waals surface area contributed by atoms with Crippen molar-refractivity contribution in [2.24, 2.45) is 0 Å². The molecule has 2 aromatic rings. The normalized spacial score (nSPS) is 22.2. The van der Waals surface area contributed by atoms with Gasteiger partial charge in [0.05, 0.1) is 6.26 Å². The third kappa shape index (κ3) is 3.56. The lowest BCUT2D eigenvalue weighted by molar-refractivity contribution is 0.195. The summed E-state index contributed by atoms with van der Waals surface area (Å²) in [5.41, 5.74) is 1.03. The molecule has 132 valence electrons. The van der Waals surface area contributed by atoms with Crippen molar-refractivity contribution >= 4 is 6.03 Å². The maximum Gasteiger partial charge on any atom is 0.318 e. The highest BCUT2D eigenvalue weighted by molar-refractivity contribution is 5.75. The quantitative estimate of drug-likeness (QED) is 0.930.